The number of sulfonamides is 1. The van der Waals surface area contributed by atoms with E-state index < -0.39 is 10.0 Å². The van der Waals surface area contributed by atoms with E-state index in [4.69, 9.17) is 0 Å². The van der Waals surface area contributed by atoms with E-state index in [1.54, 1.807) is 18.2 Å². The first-order valence-corrected chi connectivity index (χ1v) is 5.85. The summed E-state index contributed by atoms with van der Waals surface area (Å²) in [5.74, 6) is 0. The zero-order valence-corrected chi connectivity index (χ0v) is 8.76. The van der Waals surface area contributed by atoms with Crippen molar-refractivity contribution in [3.8, 4) is 0 Å². The summed E-state index contributed by atoms with van der Waals surface area (Å²) in [6.45, 7) is 1.83. The second-order valence-corrected chi connectivity index (χ2v) is 4.83. The van der Waals surface area contributed by atoms with Gasteiger partial charge in [0.05, 0.1) is 11.9 Å². The molecule has 0 aromatic heterocycles. The van der Waals surface area contributed by atoms with Crippen LogP contribution in [0, 0.1) is 6.92 Å². The lowest BCUT2D eigenvalue weighted by molar-refractivity contribution is 0.112. The van der Waals surface area contributed by atoms with Gasteiger partial charge >= 0.3 is 0 Å². The molecule has 1 N–H and O–H groups in total. The van der Waals surface area contributed by atoms with E-state index in [9.17, 15) is 13.2 Å². The molecule has 0 bridgehead atoms. The van der Waals surface area contributed by atoms with Crippen LogP contribution in [0.1, 0.15) is 15.9 Å². The average Bonchev–Trinajstić information content (AvgIpc) is 2.06. The molecule has 0 unspecified atom stereocenters. The molecule has 4 nitrogen and oxygen atoms in total. The zero-order chi connectivity index (χ0) is 10.8. The first kappa shape index (κ1) is 10.7. The third-order valence-corrected chi connectivity index (χ3v) is 2.22. The molecule has 0 atom stereocenters. The maximum Gasteiger partial charge on any atom is 0.229 e. The zero-order valence-electron chi connectivity index (χ0n) is 7.94. The van der Waals surface area contributed by atoms with Crippen molar-refractivity contribution in [1.29, 1.82) is 0 Å². The molecule has 0 aliphatic heterocycles. The van der Waals surface area contributed by atoms with Gasteiger partial charge < -0.3 is 0 Å². The van der Waals surface area contributed by atoms with Crippen molar-refractivity contribution >= 4 is 22.0 Å². The minimum absolute atomic E-state index is 0.313. The van der Waals surface area contributed by atoms with Crippen LogP contribution in [0.15, 0.2) is 18.2 Å². The lowest BCUT2D eigenvalue weighted by Crippen LogP contribution is -2.11. The van der Waals surface area contributed by atoms with Crippen LogP contribution in [0.25, 0.3) is 0 Å². The molecule has 76 valence electrons. The molecule has 14 heavy (non-hydrogen) atoms. The highest BCUT2D eigenvalue weighted by Gasteiger charge is 2.06. The van der Waals surface area contributed by atoms with Gasteiger partial charge in [-0.2, -0.15) is 0 Å². The van der Waals surface area contributed by atoms with Crippen molar-refractivity contribution in [3.05, 3.63) is 29.3 Å². The van der Waals surface area contributed by atoms with Crippen LogP contribution in [-0.2, 0) is 10.0 Å². The molecular formula is C9H11NO3S. The molecule has 0 amide bonds. The standard InChI is InChI=1S/C9H11NO3S/c1-7-3-4-9(8(5-7)6-11)10-14(2,12)13/h3-6,10H,1-2H3. The SMILES string of the molecule is Cc1ccc(NS(C)(=O)=O)c(C=O)c1. The fourth-order valence-electron chi connectivity index (χ4n) is 1.07. The highest BCUT2D eigenvalue weighted by Crippen LogP contribution is 2.16. The minimum atomic E-state index is -3.33. The topological polar surface area (TPSA) is 63.2 Å². The Labute approximate surface area is 83.0 Å². The van der Waals surface area contributed by atoms with Crippen molar-refractivity contribution in [1.82, 2.24) is 0 Å². The lowest BCUT2D eigenvalue weighted by Gasteiger charge is -2.06. The molecule has 1 aromatic rings. The van der Waals surface area contributed by atoms with Crippen molar-refractivity contribution in [2.75, 3.05) is 11.0 Å². The van der Waals surface area contributed by atoms with Crippen LogP contribution in [0.4, 0.5) is 5.69 Å². The minimum Gasteiger partial charge on any atom is -0.298 e. The summed E-state index contributed by atoms with van der Waals surface area (Å²) in [5.41, 5.74) is 1.56. The number of aldehydes is 1. The number of hydrogen-bond acceptors (Lipinski definition) is 3. The molecule has 0 fully saturated rings. The van der Waals surface area contributed by atoms with E-state index in [2.05, 4.69) is 4.72 Å². The van der Waals surface area contributed by atoms with Gasteiger partial charge in [0, 0.05) is 5.56 Å². The summed E-state index contributed by atoms with van der Waals surface area (Å²) in [4.78, 5) is 10.6. The van der Waals surface area contributed by atoms with Crippen LogP contribution in [-0.4, -0.2) is 21.0 Å². The van der Waals surface area contributed by atoms with Crippen molar-refractivity contribution < 1.29 is 13.2 Å². The second kappa shape index (κ2) is 3.79. The number of anilines is 1. The molecule has 0 aliphatic carbocycles. The number of benzene rings is 1. The molecule has 1 rings (SSSR count). The van der Waals surface area contributed by atoms with Crippen molar-refractivity contribution in [2.24, 2.45) is 0 Å². The Morgan fingerprint density at radius 2 is 2.00 bits per heavy atom. The van der Waals surface area contributed by atoms with Gasteiger partial charge in [-0.3, -0.25) is 9.52 Å². The monoisotopic (exact) mass is 213 g/mol. The van der Waals surface area contributed by atoms with Crippen molar-refractivity contribution in [2.45, 2.75) is 6.92 Å². The molecule has 0 heterocycles. The number of rotatable bonds is 3. The Bertz CT molecular complexity index is 451. The quantitative estimate of drug-likeness (QED) is 0.767. The van der Waals surface area contributed by atoms with Crippen LogP contribution >= 0.6 is 0 Å². The van der Waals surface area contributed by atoms with Crippen LogP contribution in [0.5, 0.6) is 0 Å². The van der Waals surface area contributed by atoms with E-state index in [-0.39, 0.29) is 0 Å². The summed E-state index contributed by atoms with van der Waals surface area (Å²) in [6, 6.07) is 4.93. The Kier molecular flexibility index (Phi) is 2.90. The summed E-state index contributed by atoms with van der Waals surface area (Å²) < 4.78 is 24.1. The van der Waals surface area contributed by atoms with Gasteiger partial charge in [0.2, 0.25) is 10.0 Å². The van der Waals surface area contributed by atoms with E-state index in [1.165, 1.54) is 0 Å². The van der Waals surface area contributed by atoms with E-state index in [0.29, 0.717) is 17.5 Å². The number of carbonyl (C=O) groups is 1. The molecule has 0 saturated carbocycles. The van der Waals surface area contributed by atoms with Crippen LogP contribution in [0.2, 0.25) is 0 Å². The van der Waals surface area contributed by atoms with Gasteiger partial charge in [-0.05, 0) is 19.1 Å². The predicted molar refractivity (Wildman–Crippen MR) is 55.0 cm³/mol. The molecule has 0 spiro atoms. The normalized spacial score (nSPS) is 11.0. The first-order chi connectivity index (χ1) is 6.42. The molecule has 0 radical (unpaired) electrons. The molecule has 0 aliphatic rings. The smallest absolute Gasteiger partial charge is 0.229 e. The average molecular weight is 213 g/mol. The molecular weight excluding hydrogens is 202 g/mol. The maximum atomic E-state index is 10.9. The van der Waals surface area contributed by atoms with Gasteiger partial charge in [0.15, 0.2) is 6.29 Å². The molecule has 1 aromatic carbocycles. The Morgan fingerprint density at radius 1 is 1.36 bits per heavy atom. The fourth-order valence-corrected chi connectivity index (χ4v) is 1.66. The van der Waals surface area contributed by atoms with Crippen molar-refractivity contribution in [3.63, 3.8) is 0 Å². The van der Waals surface area contributed by atoms with Gasteiger partial charge in [-0.1, -0.05) is 11.6 Å². The third-order valence-electron chi connectivity index (χ3n) is 1.63. The number of carbonyl (C=O) groups excluding carboxylic acids is 1. The Balaban J connectivity index is 3.15. The van der Waals surface area contributed by atoms with Crippen LogP contribution in [0.3, 0.4) is 0 Å². The summed E-state index contributed by atoms with van der Waals surface area (Å²) in [5, 5.41) is 0. The summed E-state index contributed by atoms with van der Waals surface area (Å²) in [6.07, 6.45) is 1.67. The van der Waals surface area contributed by atoms with Gasteiger partial charge in [-0.25, -0.2) is 8.42 Å². The van der Waals surface area contributed by atoms with Crippen LogP contribution < -0.4 is 4.72 Å². The molecule has 0 saturated heterocycles. The first-order valence-electron chi connectivity index (χ1n) is 3.96. The van der Waals surface area contributed by atoms with Gasteiger partial charge in [0.25, 0.3) is 0 Å². The highest BCUT2D eigenvalue weighted by molar-refractivity contribution is 7.92. The van der Waals surface area contributed by atoms with Gasteiger partial charge in [0.1, 0.15) is 0 Å². The predicted octanol–water partition coefficient (Wildman–Crippen LogP) is 1.18. The molecule has 5 heteroatoms. The van der Waals surface area contributed by atoms with E-state index in [0.717, 1.165) is 11.8 Å². The fraction of sp³-hybridized carbons (Fsp3) is 0.222. The Morgan fingerprint density at radius 3 is 2.50 bits per heavy atom. The van der Waals surface area contributed by atoms with E-state index >= 15 is 0 Å². The number of aryl methyl sites for hydroxylation is 1. The second-order valence-electron chi connectivity index (χ2n) is 3.08. The number of nitrogens with one attached hydrogen (secondary N) is 1. The largest absolute Gasteiger partial charge is 0.298 e. The highest BCUT2D eigenvalue weighted by atomic mass is 32.2. The summed E-state index contributed by atoms with van der Waals surface area (Å²) in [7, 11) is -3.33. The Hall–Kier alpha value is -1.36. The maximum absolute atomic E-state index is 10.9. The third kappa shape index (κ3) is 2.85. The number of hydrogen-bond donors (Lipinski definition) is 1. The van der Waals surface area contributed by atoms with Gasteiger partial charge in [-0.15, -0.1) is 0 Å². The van der Waals surface area contributed by atoms with E-state index in [1.807, 2.05) is 6.92 Å². The lowest BCUT2D eigenvalue weighted by atomic mass is 10.1. The summed E-state index contributed by atoms with van der Waals surface area (Å²) >= 11 is 0.